The number of aromatic hydroxyl groups is 1. The van der Waals surface area contributed by atoms with Crippen LogP contribution in [-0.4, -0.2) is 22.0 Å². The molecular formula is C16H12O4. The molecule has 0 unspecified atom stereocenters. The van der Waals surface area contributed by atoms with Gasteiger partial charge in [-0.05, 0) is 24.3 Å². The maximum Gasteiger partial charge on any atom is 0.335 e. The first-order valence-electron chi connectivity index (χ1n) is 5.91. The third-order valence-corrected chi connectivity index (χ3v) is 2.75. The second-order valence-corrected chi connectivity index (χ2v) is 4.14. The number of rotatable bonds is 4. The maximum absolute atomic E-state index is 11.8. The Balaban J connectivity index is 2.20. The smallest absolute Gasteiger partial charge is 0.335 e. The van der Waals surface area contributed by atoms with Crippen LogP contribution >= 0.6 is 0 Å². The molecule has 0 amide bonds. The molecule has 0 aliphatic heterocycles. The summed E-state index contributed by atoms with van der Waals surface area (Å²) in [4.78, 5) is 22.6. The summed E-state index contributed by atoms with van der Waals surface area (Å²) in [6.07, 6.45) is 2.79. The Labute approximate surface area is 115 Å². The van der Waals surface area contributed by atoms with Crippen LogP contribution in [0.2, 0.25) is 0 Å². The van der Waals surface area contributed by atoms with E-state index in [2.05, 4.69) is 0 Å². The predicted molar refractivity (Wildman–Crippen MR) is 74.9 cm³/mol. The minimum atomic E-state index is -1.11. The Hall–Kier alpha value is -2.88. The van der Waals surface area contributed by atoms with Gasteiger partial charge in [-0.3, -0.25) is 4.79 Å². The number of carboxylic acid groups (broad SMARTS) is 1. The third kappa shape index (κ3) is 3.11. The van der Waals surface area contributed by atoms with Crippen molar-refractivity contribution in [3.8, 4) is 5.75 Å². The van der Waals surface area contributed by atoms with Crippen LogP contribution in [0.5, 0.6) is 5.75 Å². The number of allylic oxidation sites excluding steroid dienone is 1. The fourth-order valence-corrected chi connectivity index (χ4v) is 1.68. The Morgan fingerprint density at radius 1 is 0.950 bits per heavy atom. The number of benzene rings is 2. The van der Waals surface area contributed by atoms with Gasteiger partial charge in [0.1, 0.15) is 5.75 Å². The zero-order chi connectivity index (χ0) is 14.5. The highest BCUT2D eigenvalue weighted by Crippen LogP contribution is 2.20. The second-order valence-electron chi connectivity index (χ2n) is 4.14. The highest BCUT2D eigenvalue weighted by molar-refractivity contribution is 6.06. The molecule has 0 atom stereocenters. The molecule has 0 aliphatic carbocycles. The number of carbonyl (C=O) groups excluding carboxylic acids is 1. The van der Waals surface area contributed by atoms with Gasteiger partial charge in [-0.15, -0.1) is 0 Å². The predicted octanol–water partition coefficient (Wildman–Crippen LogP) is 2.99. The van der Waals surface area contributed by atoms with Crippen molar-refractivity contribution in [2.45, 2.75) is 0 Å². The van der Waals surface area contributed by atoms with Gasteiger partial charge in [0.05, 0.1) is 5.56 Å². The Kier molecular flexibility index (Phi) is 3.96. The van der Waals surface area contributed by atoms with Gasteiger partial charge >= 0.3 is 5.97 Å². The summed E-state index contributed by atoms with van der Waals surface area (Å²) >= 11 is 0. The van der Waals surface area contributed by atoms with Crippen LogP contribution in [0.4, 0.5) is 0 Å². The minimum absolute atomic E-state index is 0.00552. The molecule has 0 aromatic heterocycles. The van der Waals surface area contributed by atoms with Crippen LogP contribution in [0.3, 0.4) is 0 Å². The van der Waals surface area contributed by atoms with E-state index in [0.29, 0.717) is 11.1 Å². The van der Waals surface area contributed by atoms with Crippen molar-refractivity contribution in [2.24, 2.45) is 0 Å². The van der Waals surface area contributed by atoms with E-state index in [0.717, 1.165) is 6.07 Å². The fraction of sp³-hybridized carbons (Fsp3) is 0. The molecule has 4 nitrogen and oxygen atoms in total. The van der Waals surface area contributed by atoms with Gasteiger partial charge in [0, 0.05) is 11.1 Å². The molecule has 2 N–H and O–H groups in total. The monoisotopic (exact) mass is 268 g/mol. The van der Waals surface area contributed by atoms with E-state index < -0.39 is 5.97 Å². The lowest BCUT2D eigenvalue weighted by Gasteiger charge is -2.01. The summed E-state index contributed by atoms with van der Waals surface area (Å²) in [5.41, 5.74) is 0.929. The number of carboxylic acids is 1. The van der Waals surface area contributed by atoms with E-state index in [1.54, 1.807) is 24.3 Å². The van der Waals surface area contributed by atoms with Crippen LogP contribution in [0, 0.1) is 0 Å². The van der Waals surface area contributed by atoms with E-state index in [1.165, 1.54) is 24.3 Å². The van der Waals surface area contributed by atoms with Gasteiger partial charge in [0.25, 0.3) is 0 Å². The molecule has 0 radical (unpaired) electrons. The van der Waals surface area contributed by atoms with E-state index >= 15 is 0 Å². The summed E-state index contributed by atoms with van der Waals surface area (Å²) in [7, 11) is 0. The number of phenolic OH excluding ortho intramolecular Hbond substituents is 1. The summed E-state index contributed by atoms with van der Waals surface area (Å²) in [6, 6.07) is 12.7. The van der Waals surface area contributed by atoms with Crippen molar-refractivity contribution >= 4 is 17.8 Å². The van der Waals surface area contributed by atoms with Gasteiger partial charge in [0.2, 0.25) is 0 Å². The molecule has 0 spiro atoms. The molecule has 0 saturated heterocycles. The van der Waals surface area contributed by atoms with Gasteiger partial charge in [-0.2, -0.15) is 0 Å². The van der Waals surface area contributed by atoms with Crippen LogP contribution < -0.4 is 0 Å². The largest absolute Gasteiger partial charge is 0.507 e. The van der Waals surface area contributed by atoms with Crippen LogP contribution in [0.15, 0.2) is 54.6 Å². The molecule has 0 heterocycles. The molecule has 20 heavy (non-hydrogen) atoms. The van der Waals surface area contributed by atoms with Crippen molar-refractivity contribution in [3.63, 3.8) is 0 Å². The lowest BCUT2D eigenvalue weighted by molar-refractivity contribution is 0.0696. The van der Waals surface area contributed by atoms with E-state index in [1.807, 2.05) is 6.07 Å². The Morgan fingerprint density at radius 3 is 2.25 bits per heavy atom. The molecule has 0 bridgehead atoms. The van der Waals surface area contributed by atoms with Crippen molar-refractivity contribution in [1.82, 2.24) is 0 Å². The summed E-state index contributed by atoms with van der Waals surface area (Å²) in [5.74, 6) is -1.48. The highest BCUT2D eigenvalue weighted by Gasteiger charge is 2.06. The maximum atomic E-state index is 11.8. The van der Waals surface area contributed by atoms with Crippen molar-refractivity contribution in [2.75, 3.05) is 0 Å². The molecule has 2 rings (SSSR count). The van der Waals surface area contributed by atoms with Crippen molar-refractivity contribution in [3.05, 3.63) is 71.3 Å². The normalized spacial score (nSPS) is 10.6. The van der Waals surface area contributed by atoms with E-state index in [4.69, 9.17) is 5.11 Å². The number of ketones is 1. The molecule has 0 aliphatic rings. The first-order chi connectivity index (χ1) is 9.58. The fourth-order valence-electron chi connectivity index (χ4n) is 1.68. The highest BCUT2D eigenvalue weighted by atomic mass is 16.4. The summed E-state index contributed by atoms with van der Waals surface area (Å²) < 4.78 is 0. The molecule has 4 heteroatoms. The van der Waals surface area contributed by atoms with E-state index in [9.17, 15) is 14.7 Å². The first-order valence-corrected chi connectivity index (χ1v) is 5.91. The second kappa shape index (κ2) is 5.84. The molecular weight excluding hydrogens is 256 g/mol. The average Bonchev–Trinajstić information content (AvgIpc) is 2.46. The molecule has 2 aromatic rings. The number of hydrogen-bond donors (Lipinski definition) is 2. The Morgan fingerprint density at radius 2 is 1.65 bits per heavy atom. The lowest BCUT2D eigenvalue weighted by Crippen LogP contribution is -1.96. The van der Waals surface area contributed by atoms with Gasteiger partial charge in [0.15, 0.2) is 5.78 Å². The van der Waals surface area contributed by atoms with E-state index in [-0.39, 0.29) is 17.1 Å². The van der Waals surface area contributed by atoms with Gasteiger partial charge < -0.3 is 10.2 Å². The first kappa shape index (κ1) is 13.5. The zero-order valence-electron chi connectivity index (χ0n) is 10.5. The van der Waals surface area contributed by atoms with Gasteiger partial charge in [-0.25, -0.2) is 4.79 Å². The van der Waals surface area contributed by atoms with Gasteiger partial charge in [-0.1, -0.05) is 36.4 Å². The van der Waals surface area contributed by atoms with Crippen LogP contribution in [0.1, 0.15) is 26.3 Å². The molecule has 2 aromatic carbocycles. The molecule has 0 fully saturated rings. The lowest BCUT2D eigenvalue weighted by atomic mass is 10.1. The SMILES string of the molecule is O=C(O)c1ccc(C=CC(=O)c2ccccc2)c(O)c1. The standard InChI is InChI=1S/C16H12O4/c17-14(11-4-2-1-3-5-11)9-8-12-6-7-13(16(19)20)10-15(12)18/h1-10,18H,(H,19,20). The summed E-state index contributed by atoms with van der Waals surface area (Å²) in [5, 5.41) is 18.5. The quantitative estimate of drug-likeness (QED) is 0.660. The van der Waals surface area contributed by atoms with Crippen LogP contribution in [-0.2, 0) is 0 Å². The topological polar surface area (TPSA) is 74.6 Å². The zero-order valence-corrected chi connectivity index (χ0v) is 10.5. The van der Waals surface area contributed by atoms with Crippen molar-refractivity contribution < 1.29 is 19.8 Å². The number of hydrogen-bond acceptors (Lipinski definition) is 3. The summed E-state index contributed by atoms with van der Waals surface area (Å²) in [6.45, 7) is 0. The average molecular weight is 268 g/mol. The third-order valence-electron chi connectivity index (χ3n) is 2.75. The Bertz CT molecular complexity index is 672. The van der Waals surface area contributed by atoms with Crippen molar-refractivity contribution in [1.29, 1.82) is 0 Å². The number of carbonyl (C=O) groups is 2. The van der Waals surface area contributed by atoms with Crippen LogP contribution in [0.25, 0.3) is 6.08 Å². The number of phenols is 1. The minimum Gasteiger partial charge on any atom is -0.507 e. The number of aromatic carboxylic acids is 1. The molecule has 0 saturated carbocycles. The molecule has 100 valence electrons.